The number of fused-ring (bicyclic) bond motifs is 3. The van der Waals surface area contributed by atoms with Crippen LogP contribution < -0.4 is 5.32 Å². The van der Waals surface area contributed by atoms with Crippen LogP contribution in [0.3, 0.4) is 0 Å². The largest absolute Gasteiger partial charge is 0.450 e. The van der Waals surface area contributed by atoms with Crippen LogP contribution in [0.2, 0.25) is 0 Å². The molecule has 0 unspecified atom stereocenters. The van der Waals surface area contributed by atoms with E-state index in [0.29, 0.717) is 13.2 Å². The molecule has 0 atom stereocenters. The second-order valence-corrected chi connectivity index (χ2v) is 9.22. The molecular formula is C35H30N2O2. The molecule has 0 aliphatic carbocycles. The number of nitrogens with one attached hydrogen (secondary N) is 1. The van der Waals surface area contributed by atoms with Gasteiger partial charge in [-0.3, -0.25) is 0 Å². The summed E-state index contributed by atoms with van der Waals surface area (Å²) in [5, 5.41) is 5.29. The van der Waals surface area contributed by atoms with Gasteiger partial charge in [0.1, 0.15) is 0 Å². The highest BCUT2D eigenvalue weighted by Crippen LogP contribution is 2.31. The van der Waals surface area contributed by atoms with Crippen molar-refractivity contribution in [3.63, 3.8) is 0 Å². The maximum atomic E-state index is 11.8. The zero-order chi connectivity index (χ0) is 26.7. The van der Waals surface area contributed by atoms with E-state index in [1.165, 1.54) is 27.4 Å². The fraction of sp³-hybridized carbons (Fsp3) is 0.171. The van der Waals surface area contributed by atoms with Crippen LogP contribution in [0.1, 0.15) is 30.4 Å². The molecule has 0 radical (unpaired) electrons. The van der Waals surface area contributed by atoms with Gasteiger partial charge in [-0.1, -0.05) is 78.6 Å². The molecule has 1 heterocycles. The zero-order valence-electron chi connectivity index (χ0n) is 21.8. The molecule has 4 heteroatoms. The van der Waals surface area contributed by atoms with E-state index in [1.807, 2.05) is 42.5 Å². The Morgan fingerprint density at radius 3 is 2.13 bits per heavy atom. The Bertz CT molecular complexity index is 1620. The van der Waals surface area contributed by atoms with Gasteiger partial charge in [-0.2, -0.15) is 0 Å². The smallest absolute Gasteiger partial charge is 0.407 e. The summed E-state index contributed by atoms with van der Waals surface area (Å²) < 4.78 is 7.51. The van der Waals surface area contributed by atoms with Gasteiger partial charge in [0, 0.05) is 35.0 Å². The molecule has 0 saturated carbocycles. The molecule has 39 heavy (non-hydrogen) atoms. The third-order valence-electron chi connectivity index (χ3n) is 6.52. The molecule has 0 aliphatic rings. The first-order chi connectivity index (χ1) is 19.3. The number of ether oxygens (including phenoxy) is 1. The Kier molecular flexibility index (Phi) is 8.60. The standard InChI is InChI=1S/C35H30N2O2/c38-35(36-26-25-28-14-7-5-8-15-28)39-27-13-4-2-1-3-6-16-29-21-23-30(24-22-29)37-33-19-11-9-17-31(33)32-18-10-12-20-34(32)37/h5,7-12,14-15,17-24H,2,4,13,25-27H2,(H,36,38). The molecule has 0 aliphatic heterocycles. The number of nitrogens with zero attached hydrogens (tertiary/aromatic N) is 1. The van der Waals surface area contributed by atoms with E-state index in [2.05, 4.69) is 94.2 Å². The third kappa shape index (κ3) is 6.69. The molecule has 1 N–H and O–H groups in total. The number of aromatic nitrogens is 1. The minimum Gasteiger partial charge on any atom is -0.450 e. The summed E-state index contributed by atoms with van der Waals surface area (Å²) in [7, 11) is 0. The van der Waals surface area contributed by atoms with Gasteiger partial charge < -0.3 is 14.6 Å². The van der Waals surface area contributed by atoms with Crippen LogP contribution in [0, 0.1) is 23.7 Å². The van der Waals surface area contributed by atoms with Crippen LogP contribution >= 0.6 is 0 Å². The summed E-state index contributed by atoms with van der Waals surface area (Å²) in [5.74, 6) is 12.1. The van der Waals surface area contributed by atoms with E-state index in [0.717, 1.165) is 36.9 Å². The summed E-state index contributed by atoms with van der Waals surface area (Å²) in [6.45, 7) is 0.957. The minimum absolute atomic E-state index is 0.368. The van der Waals surface area contributed by atoms with Gasteiger partial charge in [-0.05, 0) is 73.1 Å². The summed E-state index contributed by atoms with van der Waals surface area (Å²) >= 11 is 0. The van der Waals surface area contributed by atoms with Crippen molar-refractivity contribution in [1.29, 1.82) is 0 Å². The van der Waals surface area contributed by atoms with Crippen molar-refractivity contribution in [2.75, 3.05) is 13.2 Å². The lowest BCUT2D eigenvalue weighted by atomic mass is 10.1. The second-order valence-electron chi connectivity index (χ2n) is 9.22. The molecule has 1 amide bonds. The lowest BCUT2D eigenvalue weighted by molar-refractivity contribution is 0.144. The predicted octanol–water partition coefficient (Wildman–Crippen LogP) is 7.28. The van der Waals surface area contributed by atoms with Crippen molar-refractivity contribution in [3.8, 4) is 29.4 Å². The quantitative estimate of drug-likeness (QED) is 0.176. The maximum absolute atomic E-state index is 11.8. The van der Waals surface area contributed by atoms with Gasteiger partial charge in [-0.15, -0.1) is 0 Å². The van der Waals surface area contributed by atoms with Crippen molar-refractivity contribution in [1.82, 2.24) is 9.88 Å². The summed E-state index contributed by atoms with van der Waals surface area (Å²) in [6.07, 6.45) is 2.78. The van der Waals surface area contributed by atoms with Crippen molar-refractivity contribution < 1.29 is 9.53 Å². The summed E-state index contributed by atoms with van der Waals surface area (Å²) in [4.78, 5) is 11.8. The molecule has 5 aromatic rings. The van der Waals surface area contributed by atoms with Crippen molar-refractivity contribution in [3.05, 3.63) is 114 Å². The lowest BCUT2D eigenvalue weighted by Crippen LogP contribution is -2.26. The molecular weight excluding hydrogens is 480 g/mol. The van der Waals surface area contributed by atoms with Crippen molar-refractivity contribution >= 4 is 27.9 Å². The third-order valence-corrected chi connectivity index (χ3v) is 6.52. The molecule has 4 aromatic carbocycles. The van der Waals surface area contributed by atoms with E-state index in [1.54, 1.807) is 0 Å². The van der Waals surface area contributed by atoms with Crippen LogP contribution in [0.25, 0.3) is 27.5 Å². The minimum atomic E-state index is -0.368. The van der Waals surface area contributed by atoms with Crippen molar-refractivity contribution in [2.24, 2.45) is 0 Å². The van der Waals surface area contributed by atoms with Gasteiger partial charge in [0.15, 0.2) is 0 Å². The average molecular weight is 511 g/mol. The molecule has 1 aromatic heterocycles. The second kappa shape index (κ2) is 13.0. The number of hydrogen-bond donors (Lipinski definition) is 1. The maximum Gasteiger partial charge on any atom is 0.407 e. The highest BCUT2D eigenvalue weighted by molar-refractivity contribution is 6.09. The number of carbonyl (C=O) groups excluding carboxylic acids is 1. The highest BCUT2D eigenvalue weighted by atomic mass is 16.5. The fourth-order valence-corrected chi connectivity index (χ4v) is 4.59. The fourth-order valence-electron chi connectivity index (χ4n) is 4.59. The van der Waals surface area contributed by atoms with E-state index < -0.39 is 0 Å². The molecule has 192 valence electrons. The molecule has 0 saturated heterocycles. The Balaban J connectivity index is 1.06. The Hall–Kier alpha value is -4.93. The van der Waals surface area contributed by atoms with Gasteiger partial charge in [0.05, 0.1) is 17.6 Å². The number of para-hydroxylation sites is 2. The van der Waals surface area contributed by atoms with Crippen molar-refractivity contribution in [2.45, 2.75) is 25.7 Å². The number of carbonyl (C=O) groups is 1. The van der Waals surface area contributed by atoms with Crippen LogP contribution in [0.4, 0.5) is 4.79 Å². The Morgan fingerprint density at radius 1 is 0.744 bits per heavy atom. The molecule has 5 rings (SSSR count). The normalized spacial score (nSPS) is 10.4. The first kappa shape index (κ1) is 25.7. The number of unbranched alkanes of at least 4 members (excludes halogenated alkanes) is 2. The number of hydrogen-bond acceptors (Lipinski definition) is 2. The topological polar surface area (TPSA) is 43.3 Å². The average Bonchev–Trinajstić information content (AvgIpc) is 3.32. The number of rotatable bonds is 8. The lowest BCUT2D eigenvalue weighted by Gasteiger charge is -2.07. The van der Waals surface area contributed by atoms with E-state index in [4.69, 9.17) is 4.74 Å². The molecule has 0 fully saturated rings. The first-order valence-electron chi connectivity index (χ1n) is 13.3. The zero-order valence-corrected chi connectivity index (χ0v) is 21.8. The van der Waals surface area contributed by atoms with E-state index in [-0.39, 0.29) is 6.09 Å². The molecule has 0 spiro atoms. The van der Waals surface area contributed by atoms with Crippen LogP contribution in [0.5, 0.6) is 0 Å². The van der Waals surface area contributed by atoms with E-state index in [9.17, 15) is 4.79 Å². The number of alkyl carbamates (subject to hydrolysis) is 1. The summed E-state index contributed by atoms with van der Waals surface area (Å²) in [6, 6.07) is 35.3. The van der Waals surface area contributed by atoms with E-state index >= 15 is 0 Å². The molecule has 0 bridgehead atoms. The monoisotopic (exact) mass is 510 g/mol. The van der Waals surface area contributed by atoms with Crippen LogP contribution in [-0.4, -0.2) is 23.8 Å². The first-order valence-corrected chi connectivity index (χ1v) is 13.3. The molecule has 4 nitrogen and oxygen atoms in total. The van der Waals surface area contributed by atoms with Gasteiger partial charge in [-0.25, -0.2) is 4.79 Å². The van der Waals surface area contributed by atoms with Gasteiger partial charge in [0.2, 0.25) is 0 Å². The summed E-state index contributed by atoms with van der Waals surface area (Å²) in [5.41, 5.74) is 5.61. The number of benzene rings is 4. The van der Waals surface area contributed by atoms with Gasteiger partial charge in [0.25, 0.3) is 0 Å². The Morgan fingerprint density at radius 2 is 1.41 bits per heavy atom. The van der Waals surface area contributed by atoms with Crippen LogP contribution in [-0.2, 0) is 11.2 Å². The highest BCUT2D eigenvalue weighted by Gasteiger charge is 2.10. The predicted molar refractivity (Wildman–Crippen MR) is 159 cm³/mol. The Labute approximate surface area is 229 Å². The van der Waals surface area contributed by atoms with Gasteiger partial charge >= 0.3 is 6.09 Å². The SMILES string of the molecule is O=C(NCCc1ccccc1)OCCCCC#CC#Cc1ccc(-n2c3ccccc3c3ccccc32)cc1. The van der Waals surface area contributed by atoms with Crippen LogP contribution in [0.15, 0.2) is 103 Å². The number of amides is 1.